The lowest BCUT2D eigenvalue weighted by Gasteiger charge is -1.98. The first-order valence-electron chi connectivity index (χ1n) is 7.38. The van der Waals surface area contributed by atoms with Crippen LogP contribution in [0.5, 0.6) is 0 Å². The number of benzene rings is 1. The third kappa shape index (κ3) is 16.6. The number of aldehydes is 1. The van der Waals surface area contributed by atoms with Crippen LogP contribution in [0.25, 0.3) is 0 Å². The van der Waals surface area contributed by atoms with Gasteiger partial charge in [-0.2, -0.15) is 0 Å². The molecule has 0 heterocycles. The van der Waals surface area contributed by atoms with Crippen molar-refractivity contribution in [2.75, 3.05) is 13.6 Å². The zero-order chi connectivity index (χ0) is 17.1. The van der Waals surface area contributed by atoms with E-state index in [1.807, 2.05) is 66.8 Å². The van der Waals surface area contributed by atoms with Crippen LogP contribution in [-0.4, -0.2) is 19.9 Å². The molecule has 0 aliphatic carbocycles. The van der Waals surface area contributed by atoms with Crippen LogP contribution in [0.3, 0.4) is 0 Å². The molecule has 0 amide bonds. The molecule has 0 spiro atoms. The zero-order valence-electron chi connectivity index (χ0n) is 14.5. The van der Waals surface area contributed by atoms with Crippen LogP contribution in [-0.2, 0) is 11.2 Å². The van der Waals surface area contributed by atoms with Crippen molar-refractivity contribution in [3.05, 3.63) is 34.3 Å². The highest BCUT2D eigenvalue weighted by molar-refractivity contribution is 6.31. The molecule has 0 saturated heterocycles. The standard InChI is InChI=1S/C9H9ClO.C5H9N.2C2H6/c1-7-2-3-8(4-5-11)6-9(7)10;1-3-4-5-6-2;2*1-2/h2-3,5-6H,4H2,1H3;6H,5H2,1-2H3;2*1-2H3. The Hall–Kier alpha value is -1.30. The van der Waals surface area contributed by atoms with E-state index >= 15 is 0 Å². The summed E-state index contributed by atoms with van der Waals surface area (Å²) in [5.41, 5.74) is 2.01. The first kappa shape index (κ1) is 24.7. The third-order valence-electron chi connectivity index (χ3n) is 2.00. The molecule has 0 radical (unpaired) electrons. The van der Waals surface area contributed by atoms with Crippen LogP contribution in [0.1, 0.15) is 45.7 Å². The van der Waals surface area contributed by atoms with Crippen LogP contribution < -0.4 is 5.32 Å². The van der Waals surface area contributed by atoms with E-state index in [-0.39, 0.29) is 0 Å². The molecule has 0 unspecified atom stereocenters. The number of hydrogen-bond acceptors (Lipinski definition) is 2. The molecule has 1 aromatic carbocycles. The van der Waals surface area contributed by atoms with Gasteiger partial charge in [-0.05, 0) is 38.1 Å². The molecule has 0 aromatic heterocycles. The molecule has 0 saturated carbocycles. The quantitative estimate of drug-likeness (QED) is 0.649. The predicted octanol–water partition coefficient (Wildman–Crippen LogP) is 4.67. The molecule has 0 atom stereocenters. The van der Waals surface area contributed by atoms with Gasteiger partial charge < -0.3 is 10.1 Å². The van der Waals surface area contributed by atoms with Gasteiger partial charge in [0.25, 0.3) is 0 Å². The number of rotatable bonds is 3. The van der Waals surface area contributed by atoms with Crippen molar-refractivity contribution >= 4 is 17.9 Å². The summed E-state index contributed by atoms with van der Waals surface area (Å²) in [7, 11) is 1.88. The number of carbonyl (C=O) groups is 1. The fourth-order valence-corrected chi connectivity index (χ4v) is 1.24. The van der Waals surface area contributed by atoms with Crippen molar-refractivity contribution in [3.63, 3.8) is 0 Å². The Kier molecular flexibility index (Phi) is 24.7. The third-order valence-corrected chi connectivity index (χ3v) is 2.40. The van der Waals surface area contributed by atoms with E-state index in [0.717, 1.165) is 29.0 Å². The lowest BCUT2D eigenvalue weighted by atomic mass is 10.1. The first-order valence-corrected chi connectivity index (χ1v) is 7.76. The molecule has 1 rings (SSSR count). The van der Waals surface area contributed by atoms with E-state index in [1.54, 1.807) is 0 Å². The molecule has 0 bridgehead atoms. The van der Waals surface area contributed by atoms with Crippen LogP contribution >= 0.6 is 11.6 Å². The second kappa shape index (κ2) is 21.0. The van der Waals surface area contributed by atoms with E-state index in [1.165, 1.54) is 0 Å². The number of hydrogen-bond donors (Lipinski definition) is 1. The summed E-state index contributed by atoms with van der Waals surface area (Å²) in [5.74, 6) is 5.59. The summed E-state index contributed by atoms with van der Waals surface area (Å²) < 4.78 is 0. The van der Waals surface area contributed by atoms with Gasteiger partial charge in [-0.3, -0.25) is 0 Å². The first-order chi connectivity index (χ1) is 10.2. The highest BCUT2D eigenvalue weighted by Crippen LogP contribution is 2.16. The predicted molar refractivity (Wildman–Crippen MR) is 96.0 cm³/mol. The van der Waals surface area contributed by atoms with Crippen molar-refractivity contribution in [3.8, 4) is 11.8 Å². The minimum atomic E-state index is 0.444. The second-order valence-corrected chi connectivity index (χ2v) is 3.82. The number of aryl methyl sites for hydroxylation is 1. The smallest absolute Gasteiger partial charge is 0.124 e. The second-order valence-electron chi connectivity index (χ2n) is 3.41. The molecule has 3 heteroatoms. The fourth-order valence-electron chi connectivity index (χ4n) is 1.04. The molecular formula is C18H30ClNO. The van der Waals surface area contributed by atoms with Crippen molar-refractivity contribution in [2.24, 2.45) is 0 Å². The molecule has 2 nitrogen and oxygen atoms in total. The Bertz CT molecular complexity index is 405. The minimum Gasteiger partial charge on any atom is -0.309 e. The maximum absolute atomic E-state index is 10.1. The Labute approximate surface area is 136 Å². The molecule has 0 aliphatic rings. The van der Waals surface area contributed by atoms with Gasteiger partial charge in [0.2, 0.25) is 0 Å². The molecular weight excluding hydrogens is 282 g/mol. The summed E-state index contributed by atoms with van der Waals surface area (Å²) in [6.07, 6.45) is 1.32. The lowest BCUT2D eigenvalue weighted by Crippen LogP contribution is -2.03. The summed E-state index contributed by atoms with van der Waals surface area (Å²) in [6, 6.07) is 5.65. The number of halogens is 1. The van der Waals surface area contributed by atoms with Gasteiger partial charge in [0.05, 0.1) is 6.54 Å². The monoisotopic (exact) mass is 311 g/mol. The Balaban J connectivity index is -0.000000277. The Morgan fingerprint density at radius 2 is 1.81 bits per heavy atom. The summed E-state index contributed by atoms with van der Waals surface area (Å²) in [5, 5.41) is 3.62. The maximum Gasteiger partial charge on any atom is 0.124 e. The van der Waals surface area contributed by atoms with E-state index in [2.05, 4.69) is 17.2 Å². The van der Waals surface area contributed by atoms with E-state index in [4.69, 9.17) is 11.6 Å². The van der Waals surface area contributed by atoms with Crippen molar-refractivity contribution in [2.45, 2.75) is 48.0 Å². The number of nitrogens with one attached hydrogen (secondary N) is 1. The Morgan fingerprint density at radius 3 is 2.14 bits per heavy atom. The maximum atomic E-state index is 10.1. The van der Waals surface area contributed by atoms with E-state index in [0.29, 0.717) is 6.42 Å². The van der Waals surface area contributed by atoms with Gasteiger partial charge in [0.15, 0.2) is 0 Å². The topological polar surface area (TPSA) is 29.1 Å². The van der Waals surface area contributed by atoms with Gasteiger partial charge >= 0.3 is 0 Å². The van der Waals surface area contributed by atoms with Crippen molar-refractivity contribution < 1.29 is 4.79 Å². The molecule has 1 aromatic rings. The average molecular weight is 312 g/mol. The fraction of sp³-hybridized carbons (Fsp3) is 0.500. The largest absolute Gasteiger partial charge is 0.309 e. The molecule has 120 valence electrons. The summed E-state index contributed by atoms with van der Waals surface area (Å²) in [6.45, 7) is 12.6. The van der Waals surface area contributed by atoms with Gasteiger partial charge in [0, 0.05) is 11.4 Å². The Morgan fingerprint density at radius 1 is 1.24 bits per heavy atom. The van der Waals surface area contributed by atoms with Gasteiger partial charge in [-0.1, -0.05) is 57.3 Å². The number of carbonyl (C=O) groups excluding carboxylic acids is 1. The van der Waals surface area contributed by atoms with Crippen LogP contribution in [0, 0.1) is 18.8 Å². The molecule has 21 heavy (non-hydrogen) atoms. The van der Waals surface area contributed by atoms with Crippen LogP contribution in [0.15, 0.2) is 18.2 Å². The van der Waals surface area contributed by atoms with Crippen molar-refractivity contribution in [1.82, 2.24) is 5.32 Å². The van der Waals surface area contributed by atoms with Crippen LogP contribution in [0.2, 0.25) is 5.02 Å². The van der Waals surface area contributed by atoms with Gasteiger partial charge in [0.1, 0.15) is 6.29 Å². The highest BCUT2D eigenvalue weighted by Gasteiger charge is 1.95. The van der Waals surface area contributed by atoms with Crippen molar-refractivity contribution in [1.29, 1.82) is 0 Å². The summed E-state index contributed by atoms with van der Waals surface area (Å²) in [4.78, 5) is 10.1. The molecule has 1 N–H and O–H groups in total. The van der Waals surface area contributed by atoms with E-state index < -0.39 is 0 Å². The normalized spacial score (nSPS) is 7.43. The molecule has 0 fully saturated rings. The lowest BCUT2D eigenvalue weighted by molar-refractivity contribution is -0.107. The van der Waals surface area contributed by atoms with Gasteiger partial charge in [-0.25, -0.2) is 0 Å². The zero-order valence-corrected chi connectivity index (χ0v) is 15.3. The van der Waals surface area contributed by atoms with E-state index in [9.17, 15) is 4.79 Å². The molecule has 0 aliphatic heterocycles. The highest BCUT2D eigenvalue weighted by atomic mass is 35.5. The average Bonchev–Trinajstić information content (AvgIpc) is 2.54. The van der Waals surface area contributed by atoms with Crippen LogP contribution in [0.4, 0.5) is 0 Å². The van der Waals surface area contributed by atoms with Gasteiger partial charge in [-0.15, -0.1) is 5.92 Å². The summed E-state index contributed by atoms with van der Waals surface area (Å²) >= 11 is 5.83. The SMILES string of the molecule is CC.CC.CC#CCNC.Cc1ccc(CC=O)cc1Cl. The minimum absolute atomic E-state index is 0.444.